The molecule has 0 heterocycles. The highest BCUT2D eigenvalue weighted by molar-refractivity contribution is 5.85. The standard InChI is InChI=1S/C9H16N2O3/c1-6(2)5-11(3)9(14)7(10)4-8(12)13/h7H,1,4-5,10H2,2-3H3,(H,12,13). The highest BCUT2D eigenvalue weighted by atomic mass is 16.4. The Balaban J connectivity index is 4.16. The molecule has 1 amide bonds. The van der Waals surface area contributed by atoms with Gasteiger partial charge in [0, 0.05) is 13.6 Å². The van der Waals surface area contributed by atoms with E-state index >= 15 is 0 Å². The number of nitrogens with two attached hydrogens (primary N) is 1. The zero-order valence-electron chi connectivity index (χ0n) is 8.49. The molecule has 0 aliphatic rings. The van der Waals surface area contributed by atoms with Crippen LogP contribution in [0.4, 0.5) is 0 Å². The minimum atomic E-state index is -1.07. The van der Waals surface area contributed by atoms with Crippen LogP contribution in [0, 0.1) is 0 Å². The van der Waals surface area contributed by atoms with Gasteiger partial charge in [-0.3, -0.25) is 9.59 Å². The van der Waals surface area contributed by atoms with E-state index in [1.54, 1.807) is 14.0 Å². The fourth-order valence-corrected chi connectivity index (χ4v) is 1.04. The number of hydrogen-bond acceptors (Lipinski definition) is 3. The Kier molecular flexibility index (Phi) is 4.86. The summed E-state index contributed by atoms with van der Waals surface area (Å²) < 4.78 is 0. The van der Waals surface area contributed by atoms with Crippen LogP contribution in [-0.4, -0.2) is 41.5 Å². The molecule has 1 atom stereocenters. The van der Waals surface area contributed by atoms with E-state index in [1.807, 2.05) is 0 Å². The lowest BCUT2D eigenvalue weighted by Gasteiger charge is -2.20. The van der Waals surface area contributed by atoms with Crippen molar-refractivity contribution >= 4 is 11.9 Å². The van der Waals surface area contributed by atoms with Crippen LogP contribution in [0.15, 0.2) is 12.2 Å². The monoisotopic (exact) mass is 200 g/mol. The summed E-state index contributed by atoms with van der Waals surface area (Å²) in [5.74, 6) is -1.45. The van der Waals surface area contributed by atoms with E-state index in [0.29, 0.717) is 6.54 Å². The number of carboxylic acids is 1. The van der Waals surface area contributed by atoms with Crippen molar-refractivity contribution in [2.24, 2.45) is 5.73 Å². The smallest absolute Gasteiger partial charge is 0.305 e. The first kappa shape index (κ1) is 12.6. The van der Waals surface area contributed by atoms with Gasteiger partial charge in [-0.15, -0.1) is 0 Å². The molecular formula is C9H16N2O3. The second-order valence-corrected chi connectivity index (χ2v) is 3.36. The number of hydrogen-bond donors (Lipinski definition) is 2. The Morgan fingerprint density at radius 2 is 2.07 bits per heavy atom. The number of carbonyl (C=O) groups is 2. The average molecular weight is 200 g/mol. The average Bonchev–Trinajstić information content (AvgIpc) is 2.00. The van der Waals surface area contributed by atoms with Crippen molar-refractivity contribution in [3.05, 3.63) is 12.2 Å². The maximum atomic E-state index is 11.4. The zero-order valence-corrected chi connectivity index (χ0v) is 8.49. The van der Waals surface area contributed by atoms with Gasteiger partial charge in [-0.25, -0.2) is 0 Å². The normalized spacial score (nSPS) is 11.9. The fraction of sp³-hybridized carbons (Fsp3) is 0.556. The number of aliphatic carboxylic acids is 1. The summed E-state index contributed by atoms with van der Waals surface area (Å²) in [4.78, 5) is 23.1. The van der Waals surface area contributed by atoms with E-state index in [2.05, 4.69) is 6.58 Å². The fourth-order valence-electron chi connectivity index (χ4n) is 1.04. The Morgan fingerprint density at radius 3 is 2.43 bits per heavy atom. The minimum Gasteiger partial charge on any atom is -0.481 e. The first-order chi connectivity index (χ1) is 6.34. The Hall–Kier alpha value is -1.36. The minimum absolute atomic E-state index is 0.348. The Morgan fingerprint density at radius 1 is 1.57 bits per heavy atom. The van der Waals surface area contributed by atoms with Crippen LogP contribution in [0.2, 0.25) is 0 Å². The second-order valence-electron chi connectivity index (χ2n) is 3.36. The Labute approximate surface area is 83.2 Å². The number of likely N-dealkylation sites (N-methyl/N-ethyl adjacent to an activating group) is 1. The molecule has 0 aliphatic heterocycles. The lowest BCUT2D eigenvalue weighted by atomic mass is 10.2. The first-order valence-corrected chi connectivity index (χ1v) is 4.21. The third-order valence-corrected chi connectivity index (χ3v) is 1.60. The number of carbonyl (C=O) groups excluding carboxylic acids is 1. The van der Waals surface area contributed by atoms with Crippen LogP contribution in [0.3, 0.4) is 0 Å². The van der Waals surface area contributed by atoms with E-state index in [4.69, 9.17) is 10.8 Å². The summed E-state index contributed by atoms with van der Waals surface area (Å²) in [5, 5.41) is 8.43. The molecule has 0 saturated heterocycles. The summed E-state index contributed by atoms with van der Waals surface area (Å²) >= 11 is 0. The largest absolute Gasteiger partial charge is 0.481 e. The van der Waals surface area contributed by atoms with Gasteiger partial charge in [-0.1, -0.05) is 12.2 Å². The topological polar surface area (TPSA) is 83.6 Å². The van der Waals surface area contributed by atoms with Gasteiger partial charge < -0.3 is 15.7 Å². The van der Waals surface area contributed by atoms with Crippen molar-refractivity contribution in [2.75, 3.05) is 13.6 Å². The van der Waals surface area contributed by atoms with E-state index in [9.17, 15) is 9.59 Å². The van der Waals surface area contributed by atoms with Gasteiger partial charge >= 0.3 is 5.97 Å². The van der Waals surface area contributed by atoms with Gasteiger partial charge in [0.25, 0.3) is 0 Å². The van der Waals surface area contributed by atoms with Crippen LogP contribution < -0.4 is 5.73 Å². The van der Waals surface area contributed by atoms with Gasteiger partial charge in [0.15, 0.2) is 0 Å². The molecular weight excluding hydrogens is 184 g/mol. The lowest BCUT2D eigenvalue weighted by Crippen LogP contribution is -2.43. The molecule has 80 valence electrons. The third-order valence-electron chi connectivity index (χ3n) is 1.60. The van der Waals surface area contributed by atoms with E-state index in [0.717, 1.165) is 5.57 Å². The molecule has 0 saturated carbocycles. The molecule has 0 aromatic heterocycles. The quantitative estimate of drug-likeness (QED) is 0.603. The molecule has 5 nitrogen and oxygen atoms in total. The Bertz CT molecular complexity index is 226. The van der Waals surface area contributed by atoms with Crippen molar-refractivity contribution in [2.45, 2.75) is 19.4 Å². The summed E-state index contributed by atoms with van der Waals surface area (Å²) in [6, 6.07) is -0.975. The number of carboxylic acid groups (broad SMARTS) is 1. The van der Waals surface area contributed by atoms with Crippen molar-refractivity contribution in [3.8, 4) is 0 Å². The molecule has 0 aromatic rings. The number of rotatable bonds is 5. The molecule has 0 radical (unpaired) electrons. The van der Waals surface area contributed by atoms with Crippen LogP contribution in [0.25, 0.3) is 0 Å². The predicted molar refractivity (Wildman–Crippen MR) is 52.7 cm³/mol. The predicted octanol–water partition coefficient (Wildman–Crippen LogP) is -0.177. The maximum absolute atomic E-state index is 11.4. The molecule has 3 N–H and O–H groups in total. The number of nitrogens with zero attached hydrogens (tertiary/aromatic N) is 1. The highest BCUT2D eigenvalue weighted by Crippen LogP contribution is 1.98. The van der Waals surface area contributed by atoms with E-state index in [1.165, 1.54) is 4.90 Å². The first-order valence-electron chi connectivity index (χ1n) is 4.21. The van der Waals surface area contributed by atoms with Crippen LogP contribution in [0.5, 0.6) is 0 Å². The summed E-state index contributed by atoms with van der Waals surface area (Å²) in [6.45, 7) is 5.83. The van der Waals surface area contributed by atoms with Crippen molar-refractivity contribution in [3.63, 3.8) is 0 Å². The van der Waals surface area contributed by atoms with Gasteiger partial charge in [0.1, 0.15) is 0 Å². The number of amides is 1. The van der Waals surface area contributed by atoms with Gasteiger partial charge in [0.2, 0.25) is 5.91 Å². The lowest BCUT2D eigenvalue weighted by molar-refractivity contribution is -0.141. The van der Waals surface area contributed by atoms with Crippen molar-refractivity contribution in [1.82, 2.24) is 4.90 Å². The van der Waals surface area contributed by atoms with Crippen molar-refractivity contribution < 1.29 is 14.7 Å². The van der Waals surface area contributed by atoms with Crippen LogP contribution in [0.1, 0.15) is 13.3 Å². The molecule has 14 heavy (non-hydrogen) atoms. The molecule has 0 spiro atoms. The molecule has 5 heteroatoms. The molecule has 0 rings (SSSR count). The molecule has 0 aliphatic carbocycles. The molecule has 0 fully saturated rings. The van der Waals surface area contributed by atoms with Gasteiger partial charge in [-0.2, -0.15) is 0 Å². The van der Waals surface area contributed by atoms with Crippen LogP contribution >= 0.6 is 0 Å². The second kappa shape index (κ2) is 5.39. The van der Waals surface area contributed by atoms with Gasteiger partial charge in [-0.05, 0) is 6.92 Å². The zero-order chi connectivity index (χ0) is 11.3. The molecule has 0 aromatic carbocycles. The van der Waals surface area contributed by atoms with E-state index in [-0.39, 0.29) is 12.3 Å². The SMILES string of the molecule is C=C(C)CN(C)C(=O)C(N)CC(=O)O. The summed E-state index contributed by atoms with van der Waals surface area (Å²) in [6.07, 6.45) is -0.348. The van der Waals surface area contributed by atoms with Gasteiger partial charge in [0.05, 0.1) is 12.5 Å². The van der Waals surface area contributed by atoms with E-state index < -0.39 is 12.0 Å². The van der Waals surface area contributed by atoms with Crippen LogP contribution in [-0.2, 0) is 9.59 Å². The third kappa shape index (κ3) is 4.61. The van der Waals surface area contributed by atoms with Crippen molar-refractivity contribution in [1.29, 1.82) is 0 Å². The molecule has 0 bridgehead atoms. The highest BCUT2D eigenvalue weighted by Gasteiger charge is 2.20. The maximum Gasteiger partial charge on any atom is 0.305 e. The summed E-state index contributed by atoms with van der Waals surface area (Å²) in [5.41, 5.74) is 6.22. The molecule has 1 unspecified atom stereocenters. The summed E-state index contributed by atoms with van der Waals surface area (Å²) in [7, 11) is 1.57.